The summed E-state index contributed by atoms with van der Waals surface area (Å²) < 4.78 is 0.532. The maximum Gasteiger partial charge on any atom is 0.270 e. The predicted molar refractivity (Wildman–Crippen MR) is 93.5 cm³/mol. The Morgan fingerprint density at radius 2 is 1.71 bits per heavy atom. The van der Waals surface area contributed by atoms with E-state index in [0.29, 0.717) is 14.2 Å². The number of carbonyl (C=O) groups is 1. The minimum Gasteiger partial charge on any atom is -0.268 e. The Hall–Kier alpha value is -1.62. The molecule has 0 radical (unpaired) electrons. The molecule has 2 nitrogen and oxygen atoms in total. The van der Waals surface area contributed by atoms with Crippen molar-refractivity contribution >= 4 is 57.6 Å². The molecule has 21 heavy (non-hydrogen) atoms. The third kappa shape index (κ3) is 2.88. The molecule has 1 fully saturated rings. The molecule has 2 aromatic rings. The quantitative estimate of drug-likeness (QED) is 0.585. The number of para-hydroxylation sites is 1. The summed E-state index contributed by atoms with van der Waals surface area (Å²) in [5, 5.41) is 0.613. The zero-order valence-electron chi connectivity index (χ0n) is 10.8. The average molecular weight is 332 g/mol. The molecule has 0 N–H and O–H groups in total. The summed E-state index contributed by atoms with van der Waals surface area (Å²) in [7, 11) is 0. The largest absolute Gasteiger partial charge is 0.270 e. The smallest absolute Gasteiger partial charge is 0.268 e. The van der Waals surface area contributed by atoms with Gasteiger partial charge in [-0.05, 0) is 29.8 Å². The molecule has 1 saturated heterocycles. The van der Waals surface area contributed by atoms with Gasteiger partial charge in [0.1, 0.15) is 0 Å². The number of hydrogen-bond acceptors (Lipinski definition) is 3. The van der Waals surface area contributed by atoms with Gasteiger partial charge in [0.15, 0.2) is 4.32 Å². The lowest BCUT2D eigenvalue weighted by Crippen LogP contribution is -2.27. The molecule has 104 valence electrons. The van der Waals surface area contributed by atoms with Gasteiger partial charge in [0.25, 0.3) is 5.91 Å². The van der Waals surface area contributed by atoms with Crippen LogP contribution in [-0.2, 0) is 4.79 Å². The molecule has 1 aliphatic rings. The van der Waals surface area contributed by atoms with Crippen LogP contribution in [0, 0.1) is 0 Å². The van der Waals surface area contributed by atoms with Crippen LogP contribution >= 0.6 is 35.6 Å². The van der Waals surface area contributed by atoms with E-state index in [2.05, 4.69) is 0 Å². The summed E-state index contributed by atoms with van der Waals surface area (Å²) in [6.07, 6.45) is 1.78. The van der Waals surface area contributed by atoms with Crippen molar-refractivity contribution in [2.45, 2.75) is 0 Å². The van der Waals surface area contributed by atoms with Crippen LogP contribution in [0.25, 0.3) is 6.08 Å². The Morgan fingerprint density at radius 1 is 1.05 bits per heavy atom. The van der Waals surface area contributed by atoms with Gasteiger partial charge in [-0.15, -0.1) is 0 Å². The highest BCUT2D eigenvalue weighted by molar-refractivity contribution is 8.27. The predicted octanol–water partition coefficient (Wildman–Crippen LogP) is 4.75. The van der Waals surface area contributed by atoms with E-state index in [1.807, 2.05) is 48.5 Å². The minimum atomic E-state index is -0.115. The van der Waals surface area contributed by atoms with Crippen LogP contribution in [0.1, 0.15) is 5.56 Å². The Bertz CT molecular complexity index is 743. The molecule has 0 aliphatic carbocycles. The van der Waals surface area contributed by atoms with E-state index < -0.39 is 0 Å². The third-order valence-electron chi connectivity index (χ3n) is 3.00. The highest BCUT2D eigenvalue weighted by Gasteiger charge is 2.33. The topological polar surface area (TPSA) is 20.3 Å². The van der Waals surface area contributed by atoms with Gasteiger partial charge in [-0.1, -0.05) is 72.0 Å². The number of thioether (sulfide) groups is 1. The Morgan fingerprint density at radius 3 is 2.43 bits per heavy atom. The van der Waals surface area contributed by atoms with Gasteiger partial charge in [-0.2, -0.15) is 0 Å². The number of hydrogen-bond donors (Lipinski definition) is 0. The summed E-state index contributed by atoms with van der Waals surface area (Å²) in [4.78, 5) is 14.7. The number of carbonyl (C=O) groups excluding carboxylic acids is 1. The van der Waals surface area contributed by atoms with E-state index in [1.54, 1.807) is 17.0 Å². The van der Waals surface area contributed by atoms with Crippen molar-refractivity contribution in [3.63, 3.8) is 0 Å². The molecule has 0 bridgehead atoms. The van der Waals surface area contributed by atoms with Crippen molar-refractivity contribution in [1.29, 1.82) is 0 Å². The number of benzene rings is 2. The van der Waals surface area contributed by atoms with Gasteiger partial charge >= 0.3 is 0 Å². The molecule has 1 heterocycles. The number of amides is 1. The molecule has 3 rings (SSSR count). The van der Waals surface area contributed by atoms with E-state index in [9.17, 15) is 4.79 Å². The lowest BCUT2D eigenvalue weighted by atomic mass is 10.2. The Balaban J connectivity index is 1.96. The minimum absolute atomic E-state index is 0.115. The molecule has 0 atom stereocenters. The first-order chi connectivity index (χ1) is 10.2. The van der Waals surface area contributed by atoms with Crippen LogP contribution < -0.4 is 4.90 Å². The second kappa shape index (κ2) is 6.02. The van der Waals surface area contributed by atoms with Crippen LogP contribution in [-0.4, -0.2) is 10.2 Å². The third-order valence-corrected chi connectivity index (χ3v) is 4.65. The van der Waals surface area contributed by atoms with Crippen molar-refractivity contribution in [2.75, 3.05) is 4.90 Å². The van der Waals surface area contributed by atoms with E-state index in [-0.39, 0.29) is 5.91 Å². The highest BCUT2D eigenvalue weighted by Crippen LogP contribution is 2.36. The molecule has 0 aromatic heterocycles. The average Bonchev–Trinajstić information content (AvgIpc) is 2.77. The van der Waals surface area contributed by atoms with Crippen molar-refractivity contribution < 1.29 is 4.79 Å². The summed E-state index contributed by atoms with van der Waals surface area (Å²) in [5.41, 5.74) is 1.59. The molecule has 2 aromatic carbocycles. The molecule has 5 heteroatoms. The molecule has 0 unspecified atom stereocenters. The molecule has 0 saturated carbocycles. The maximum atomic E-state index is 12.5. The van der Waals surface area contributed by atoms with E-state index in [4.69, 9.17) is 23.8 Å². The second-order valence-corrected chi connectivity index (χ2v) is 6.46. The van der Waals surface area contributed by atoms with Gasteiger partial charge in [-0.3, -0.25) is 9.69 Å². The van der Waals surface area contributed by atoms with Crippen molar-refractivity contribution in [3.05, 3.63) is 70.1 Å². The highest BCUT2D eigenvalue weighted by atomic mass is 35.5. The second-order valence-electron chi connectivity index (χ2n) is 4.37. The first-order valence-electron chi connectivity index (χ1n) is 6.24. The van der Waals surface area contributed by atoms with Crippen molar-refractivity contribution in [3.8, 4) is 0 Å². The molecule has 1 amide bonds. The van der Waals surface area contributed by atoms with Gasteiger partial charge < -0.3 is 0 Å². The lowest BCUT2D eigenvalue weighted by molar-refractivity contribution is -0.113. The van der Waals surface area contributed by atoms with Gasteiger partial charge in [0.2, 0.25) is 0 Å². The zero-order valence-corrected chi connectivity index (χ0v) is 13.2. The first-order valence-corrected chi connectivity index (χ1v) is 7.84. The van der Waals surface area contributed by atoms with Crippen LogP contribution in [0.15, 0.2) is 59.5 Å². The fraction of sp³-hybridized carbons (Fsp3) is 0. The molecule has 0 spiro atoms. The van der Waals surface area contributed by atoms with Crippen LogP contribution in [0.5, 0.6) is 0 Å². The number of nitrogens with zero attached hydrogens (tertiary/aromatic N) is 1. The van der Waals surface area contributed by atoms with Crippen LogP contribution in [0.3, 0.4) is 0 Å². The molecular formula is C16H10ClNOS2. The summed E-state index contributed by atoms with van der Waals surface area (Å²) in [6.45, 7) is 0. The van der Waals surface area contributed by atoms with Gasteiger partial charge in [0.05, 0.1) is 10.6 Å². The monoisotopic (exact) mass is 331 g/mol. The Kier molecular flexibility index (Phi) is 4.10. The van der Waals surface area contributed by atoms with Crippen LogP contribution in [0.2, 0.25) is 5.02 Å². The molecule has 1 aliphatic heterocycles. The normalized spacial score (nSPS) is 16.8. The van der Waals surface area contributed by atoms with Gasteiger partial charge in [-0.25, -0.2) is 0 Å². The fourth-order valence-corrected chi connectivity index (χ4v) is 3.48. The van der Waals surface area contributed by atoms with E-state index in [1.165, 1.54) is 11.8 Å². The standard InChI is InChI=1S/C16H10ClNOS2/c17-13-9-5-4-6-11(13)10-14-15(19)18(16(20)21-14)12-7-2-1-3-8-12/h1-10H. The molecular weight excluding hydrogens is 322 g/mol. The first kappa shape index (κ1) is 14.3. The fourth-order valence-electron chi connectivity index (χ4n) is 2.00. The van der Waals surface area contributed by atoms with Gasteiger partial charge in [0, 0.05) is 5.02 Å². The number of rotatable bonds is 2. The SMILES string of the molecule is O=C1C(=Cc2ccccc2Cl)SC(=S)N1c1ccccc1. The van der Waals surface area contributed by atoms with E-state index >= 15 is 0 Å². The van der Waals surface area contributed by atoms with Crippen molar-refractivity contribution in [2.24, 2.45) is 0 Å². The van der Waals surface area contributed by atoms with E-state index in [0.717, 1.165) is 11.3 Å². The summed E-state index contributed by atoms with van der Waals surface area (Å²) in [5.74, 6) is -0.115. The summed E-state index contributed by atoms with van der Waals surface area (Å²) >= 11 is 12.7. The number of halogens is 1. The summed E-state index contributed by atoms with van der Waals surface area (Å²) in [6, 6.07) is 16.8. The number of thiocarbonyl (C=S) groups is 1. The maximum absolute atomic E-state index is 12.5. The Labute approximate surface area is 137 Å². The van der Waals surface area contributed by atoms with Crippen LogP contribution in [0.4, 0.5) is 5.69 Å². The lowest BCUT2D eigenvalue weighted by Gasteiger charge is -2.13. The van der Waals surface area contributed by atoms with Crippen molar-refractivity contribution in [1.82, 2.24) is 0 Å². The number of anilines is 1. The zero-order chi connectivity index (χ0) is 14.8.